The Hall–Kier alpha value is -2.76. The van der Waals surface area contributed by atoms with Crippen molar-refractivity contribution in [2.24, 2.45) is 5.92 Å². The number of carbonyl (C=O) groups excluding carboxylic acids is 1. The molecule has 1 aliphatic rings. The first-order chi connectivity index (χ1) is 13.0. The Morgan fingerprint density at radius 1 is 1.04 bits per heavy atom. The fraction of sp³-hybridized carbons (Fsp3) is 0.333. The summed E-state index contributed by atoms with van der Waals surface area (Å²) in [6, 6.07) is 13.1. The summed E-state index contributed by atoms with van der Waals surface area (Å²) >= 11 is 0. The van der Waals surface area contributed by atoms with E-state index < -0.39 is 23.5 Å². The second-order valence-electron chi connectivity index (χ2n) is 6.86. The highest BCUT2D eigenvalue weighted by atomic mass is 19.2. The number of amides is 1. The summed E-state index contributed by atoms with van der Waals surface area (Å²) in [7, 11) is 0. The van der Waals surface area contributed by atoms with Gasteiger partial charge in [0.25, 0.3) is 0 Å². The molecule has 0 bridgehead atoms. The van der Waals surface area contributed by atoms with Gasteiger partial charge in [0.2, 0.25) is 5.91 Å². The van der Waals surface area contributed by atoms with Crippen molar-refractivity contribution < 1.29 is 23.5 Å². The molecule has 6 heteroatoms. The number of nitrogens with zero attached hydrogens (tertiary/aromatic N) is 1. The number of hydrogen-bond acceptors (Lipinski definition) is 2. The highest BCUT2D eigenvalue weighted by molar-refractivity contribution is 5.79. The molecule has 1 fully saturated rings. The average Bonchev–Trinajstić information content (AvgIpc) is 3.11. The first-order valence-electron chi connectivity index (χ1n) is 8.95. The largest absolute Gasteiger partial charge is 0.481 e. The lowest BCUT2D eigenvalue weighted by Gasteiger charge is -2.16. The fourth-order valence-electron chi connectivity index (χ4n) is 3.59. The lowest BCUT2D eigenvalue weighted by atomic mass is 9.89. The number of aliphatic carboxylic acids is 1. The number of carboxylic acids is 1. The van der Waals surface area contributed by atoms with Crippen molar-refractivity contribution in [1.29, 1.82) is 0 Å². The van der Waals surface area contributed by atoms with Crippen molar-refractivity contribution in [3.63, 3.8) is 0 Å². The first-order valence-corrected chi connectivity index (χ1v) is 8.95. The van der Waals surface area contributed by atoms with Crippen molar-refractivity contribution in [3.8, 4) is 0 Å². The van der Waals surface area contributed by atoms with E-state index in [1.54, 1.807) is 4.90 Å². The van der Waals surface area contributed by atoms with E-state index in [0.717, 1.165) is 17.7 Å². The molecule has 0 radical (unpaired) electrons. The van der Waals surface area contributed by atoms with Crippen LogP contribution in [-0.2, 0) is 16.0 Å². The van der Waals surface area contributed by atoms with Gasteiger partial charge in [0.05, 0.1) is 5.92 Å². The van der Waals surface area contributed by atoms with Crippen LogP contribution in [0.2, 0.25) is 0 Å². The van der Waals surface area contributed by atoms with Crippen LogP contribution in [-0.4, -0.2) is 35.0 Å². The maximum absolute atomic E-state index is 13.2. The molecule has 2 aromatic rings. The summed E-state index contributed by atoms with van der Waals surface area (Å²) in [5.74, 6) is -3.64. The average molecular weight is 373 g/mol. The number of carbonyl (C=O) groups is 2. The van der Waals surface area contributed by atoms with Crippen molar-refractivity contribution in [3.05, 3.63) is 71.3 Å². The molecular weight excluding hydrogens is 352 g/mol. The molecule has 0 aliphatic carbocycles. The standard InChI is InChI=1S/C21H21F2NO3/c22-18-10-9-14(11-19(18)23)5-4-8-20(25)24-12-16(17(13-24)21(26)27)15-6-2-1-3-7-15/h1-3,6-7,9-11,16-17H,4-5,8,12-13H2,(H,26,27)/t16-,17-/m1/s1. The lowest BCUT2D eigenvalue weighted by molar-refractivity contribution is -0.141. The van der Waals surface area contributed by atoms with E-state index in [9.17, 15) is 23.5 Å². The first kappa shape index (κ1) is 19.0. The maximum atomic E-state index is 13.2. The highest BCUT2D eigenvalue weighted by Gasteiger charge is 2.40. The van der Waals surface area contributed by atoms with Gasteiger partial charge >= 0.3 is 5.97 Å². The van der Waals surface area contributed by atoms with Gasteiger partial charge in [-0.05, 0) is 36.1 Å². The van der Waals surface area contributed by atoms with Crippen molar-refractivity contribution >= 4 is 11.9 Å². The van der Waals surface area contributed by atoms with Crippen LogP contribution in [0.3, 0.4) is 0 Å². The molecule has 0 saturated carbocycles. The van der Waals surface area contributed by atoms with Crippen molar-refractivity contribution in [1.82, 2.24) is 4.90 Å². The zero-order valence-corrected chi connectivity index (χ0v) is 14.8. The predicted molar refractivity (Wildman–Crippen MR) is 96.2 cm³/mol. The summed E-state index contributed by atoms with van der Waals surface area (Å²) in [4.78, 5) is 25.7. The van der Waals surface area contributed by atoms with E-state index in [0.29, 0.717) is 24.9 Å². The molecule has 4 nitrogen and oxygen atoms in total. The number of hydrogen-bond donors (Lipinski definition) is 1. The molecular formula is C21H21F2NO3. The fourth-order valence-corrected chi connectivity index (χ4v) is 3.59. The third kappa shape index (κ3) is 4.51. The molecule has 142 valence electrons. The minimum absolute atomic E-state index is 0.109. The monoisotopic (exact) mass is 373 g/mol. The summed E-state index contributed by atoms with van der Waals surface area (Å²) in [6.07, 6.45) is 1.20. The molecule has 0 spiro atoms. The number of carboxylic acid groups (broad SMARTS) is 1. The van der Waals surface area contributed by atoms with Crippen LogP contribution in [0.4, 0.5) is 8.78 Å². The van der Waals surface area contributed by atoms with Crippen LogP contribution >= 0.6 is 0 Å². The van der Waals surface area contributed by atoms with Gasteiger partial charge in [-0.3, -0.25) is 9.59 Å². The van der Waals surface area contributed by atoms with Gasteiger partial charge in [-0.15, -0.1) is 0 Å². The van der Waals surface area contributed by atoms with E-state index in [1.807, 2.05) is 30.3 Å². The quantitative estimate of drug-likeness (QED) is 0.842. The summed E-state index contributed by atoms with van der Waals surface area (Å²) < 4.78 is 26.2. The molecule has 1 N–H and O–H groups in total. The van der Waals surface area contributed by atoms with Crippen LogP contribution in [0.5, 0.6) is 0 Å². The van der Waals surface area contributed by atoms with Gasteiger partial charge in [0, 0.05) is 25.4 Å². The molecule has 1 heterocycles. The summed E-state index contributed by atoms with van der Waals surface area (Å²) in [6.45, 7) is 0.573. The third-order valence-corrected chi connectivity index (χ3v) is 5.06. The number of likely N-dealkylation sites (tertiary alicyclic amines) is 1. The Kier molecular flexibility index (Phi) is 5.84. The predicted octanol–water partition coefficient (Wildman–Crippen LogP) is 3.61. The maximum Gasteiger partial charge on any atom is 0.308 e. The SMILES string of the molecule is O=C(O)[C@@H]1CN(C(=O)CCCc2ccc(F)c(F)c2)C[C@@H]1c1ccccc1. The Bertz CT molecular complexity index is 825. The van der Waals surface area contributed by atoms with Gasteiger partial charge in [0.15, 0.2) is 11.6 Å². The molecule has 1 aliphatic heterocycles. The summed E-state index contributed by atoms with van der Waals surface area (Å²) in [5, 5.41) is 9.51. The van der Waals surface area contributed by atoms with Crippen LogP contribution in [0.15, 0.2) is 48.5 Å². The second kappa shape index (κ2) is 8.29. The zero-order chi connectivity index (χ0) is 19.4. The number of halogens is 2. The molecule has 3 rings (SSSR count). The Morgan fingerprint density at radius 3 is 2.44 bits per heavy atom. The molecule has 0 unspecified atom stereocenters. The molecule has 2 atom stereocenters. The van der Waals surface area contributed by atoms with Crippen LogP contribution < -0.4 is 0 Å². The van der Waals surface area contributed by atoms with Crippen molar-refractivity contribution in [2.45, 2.75) is 25.2 Å². The molecule has 2 aromatic carbocycles. The second-order valence-corrected chi connectivity index (χ2v) is 6.86. The van der Waals surface area contributed by atoms with Gasteiger partial charge in [0.1, 0.15) is 0 Å². The third-order valence-electron chi connectivity index (χ3n) is 5.06. The van der Waals surface area contributed by atoms with E-state index in [4.69, 9.17) is 0 Å². The molecule has 1 amide bonds. The Labute approximate surface area is 156 Å². The van der Waals surface area contributed by atoms with Crippen LogP contribution in [0, 0.1) is 17.6 Å². The number of benzene rings is 2. The Morgan fingerprint density at radius 2 is 1.78 bits per heavy atom. The van der Waals surface area contributed by atoms with E-state index >= 15 is 0 Å². The molecule has 1 saturated heterocycles. The summed E-state index contributed by atoms with van der Waals surface area (Å²) in [5.41, 5.74) is 1.55. The van der Waals surface area contributed by atoms with Crippen molar-refractivity contribution in [2.75, 3.05) is 13.1 Å². The van der Waals surface area contributed by atoms with Gasteiger partial charge < -0.3 is 10.0 Å². The number of rotatable bonds is 6. The van der Waals surface area contributed by atoms with Gasteiger partial charge in [-0.2, -0.15) is 0 Å². The lowest BCUT2D eigenvalue weighted by Crippen LogP contribution is -2.29. The van der Waals surface area contributed by atoms with E-state index in [1.165, 1.54) is 6.07 Å². The van der Waals surface area contributed by atoms with E-state index in [-0.39, 0.29) is 24.8 Å². The van der Waals surface area contributed by atoms with Gasteiger partial charge in [-0.25, -0.2) is 8.78 Å². The minimum Gasteiger partial charge on any atom is -0.481 e. The van der Waals surface area contributed by atoms with Crippen LogP contribution in [0.1, 0.15) is 29.9 Å². The van der Waals surface area contributed by atoms with E-state index in [2.05, 4.69) is 0 Å². The smallest absolute Gasteiger partial charge is 0.308 e. The highest BCUT2D eigenvalue weighted by Crippen LogP contribution is 2.33. The molecule has 27 heavy (non-hydrogen) atoms. The number of aryl methyl sites for hydroxylation is 1. The molecule has 0 aromatic heterocycles. The van der Waals surface area contributed by atoms with Gasteiger partial charge in [-0.1, -0.05) is 36.4 Å². The Balaban J connectivity index is 1.58. The normalized spacial score (nSPS) is 19.3. The topological polar surface area (TPSA) is 57.6 Å². The zero-order valence-electron chi connectivity index (χ0n) is 14.8. The van der Waals surface area contributed by atoms with Crippen LogP contribution in [0.25, 0.3) is 0 Å². The minimum atomic E-state index is -0.902.